The largest absolute Gasteiger partial charge is 0.508 e. The van der Waals surface area contributed by atoms with Crippen molar-refractivity contribution >= 4 is 70.0 Å². The summed E-state index contributed by atoms with van der Waals surface area (Å²) in [4.78, 5) is 141. The lowest BCUT2D eigenvalue weighted by molar-refractivity contribution is -0.143. The van der Waals surface area contributed by atoms with Crippen LogP contribution in [0.5, 0.6) is 5.75 Å². The van der Waals surface area contributed by atoms with E-state index in [2.05, 4.69) is 42.2 Å². The zero-order valence-electron chi connectivity index (χ0n) is 44.8. The molecule has 1 aromatic heterocycles. The van der Waals surface area contributed by atoms with Crippen molar-refractivity contribution in [1.82, 2.24) is 47.1 Å². The third-order valence-electron chi connectivity index (χ3n) is 13.4. The molecule has 426 valence electrons. The molecule has 0 saturated carbocycles. The molecule has 1 aliphatic heterocycles. The van der Waals surface area contributed by atoms with Crippen LogP contribution in [0, 0.1) is 11.8 Å². The topological polar surface area (TPSA) is 387 Å². The van der Waals surface area contributed by atoms with Crippen LogP contribution in [0.25, 0.3) is 10.9 Å². The van der Waals surface area contributed by atoms with Gasteiger partial charge in [-0.25, -0.2) is 4.79 Å². The van der Waals surface area contributed by atoms with E-state index in [9.17, 15) is 63.3 Å². The second kappa shape index (κ2) is 28.8. The number of nitrogens with two attached hydrogens (primary N) is 2. The Morgan fingerprint density at radius 1 is 0.646 bits per heavy atom. The van der Waals surface area contributed by atoms with Gasteiger partial charge in [-0.1, -0.05) is 88.4 Å². The van der Waals surface area contributed by atoms with Gasteiger partial charge in [0.2, 0.25) is 53.2 Å². The molecule has 4 aromatic rings. The van der Waals surface area contributed by atoms with Crippen LogP contribution in [0.1, 0.15) is 77.0 Å². The summed E-state index contributed by atoms with van der Waals surface area (Å²) in [5.74, 6) is -9.68. The Bertz CT molecular complexity index is 2810. The molecule has 5 rings (SSSR count). The van der Waals surface area contributed by atoms with E-state index in [4.69, 9.17) is 11.5 Å². The third kappa shape index (κ3) is 17.8. The number of aromatic nitrogens is 1. The van der Waals surface area contributed by atoms with Gasteiger partial charge in [-0.15, -0.1) is 0 Å². The number of aliphatic carboxylic acids is 1. The Morgan fingerprint density at radius 2 is 1.19 bits per heavy atom. The number of carbonyl (C=O) groups is 10. The number of aliphatic hydroxyl groups excluding tert-OH is 1. The summed E-state index contributed by atoms with van der Waals surface area (Å²) in [7, 11) is 0. The molecule has 1 saturated heterocycles. The molecule has 0 spiro atoms. The molecule has 0 bridgehead atoms. The van der Waals surface area contributed by atoms with Crippen LogP contribution in [0.4, 0.5) is 0 Å². The summed E-state index contributed by atoms with van der Waals surface area (Å²) in [6.07, 6.45) is 1.03. The minimum absolute atomic E-state index is 0.0800. The second-order valence-corrected chi connectivity index (χ2v) is 20.5. The first kappa shape index (κ1) is 61.5. The van der Waals surface area contributed by atoms with Crippen molar-refractivity contribution in [2.24, 2.45) is 23.3 Å². The second-order valence-electron chi connectivity index (χ2n) is 20.5. The number of phenolic OH excluding ortho intramolecular Hbond substituents is 1. The number of likely N-dealkylation sites (tertiary alicyclic amines) is 1. The highest BCUT2D eigenvalue weighted by atomic mass is 16.4. The van der Waals surface area contributed by atoms with Gasteiger partial charge in [0.1, 0.15) is 60.1 Å². The number of carboxylic acids is 1. The molecule has 79 heavy (non-hydrogen) atoms. The molecule has 24 nitrogen and oxygen atoms in total. The molecule has 1 aliphatic rings. The number of nitrogens with one attached hydrogen (secondary N) is 8. The number of primary amides is 1. The first-order chi connectivity index (χ1) is 37.4. The van der Waals surface area contributed by atoms with Gasteiger partial charge in [0.25, 0.3) is 0 Å². The Morgan fingerprint density at radius 3 is 1.78 bits per heavy atom. The van der Waals surface area contributed by atoms with Gasteiger partial charge in [-0.2, -0.15) is 0 Å². The van der Waals surface area contributed by atoms with E-state index in [-0.39, 0.29) is 50.3 Å². The van der Waals surface area contributed by atoms with Crippen LogP contribution >= 0.6 is 0 Å². The van der Waals surface area contributed by atoms with E-state index < -0.39 is 132 Å². The van der Waals surface area contributed by atoms with Gasteiger partial charge < -0.3 is 73.9 Å². The van der Waals surface area contributed by atoms with Crippen LogP contribution in [0.3, 0.4) is 0 Å². The molecule has 3 aromatic carbocycles. The smallest absolute Gasteiger partial charge is 0.326 e. The summed E-state index contributed by atoms with van der Waals surface area (Å²) in [6.45, 7) is 7.65. The van der Waals surface area contributed by atoms with Crippen LogP contribution < -0.4 is 48.7 Å². The molecule has 9 amide bonds. The van der Waals surface area contributed by atoms with Crippen molar-refractivity contribution in [3.05, 3.63) is 102 Å². The predicted molar refractivity (Wildman–Crippen MR) is 289 cm³/mol. The molecular weight excluding hydrogens is 1020 g/mol. The summed E-state index contributed by atoms with van der Waals surface area (Å²) in [5.41, 5.74) is 13.6. The van der Waals surface area contributed by atoms with E-state index in [1.165, 1.54) is 36.1 Å². The maximum absolute atomic E-state index is 14.8. The number of carbonyl (C=O) groups excluding carboxylic acids is 9. The number of rotatable bonds is 28. The number of hydrogen-bond acceptors (Lipinski definition) is 13. The average molecular weight is 1100 g/mol. The Hall–Kier alpha value is -8.38. The summed E-state index contributed by atoms with van der Waals surface area (Å²) >= 11 is 0. The number of aliphatic hydroxyl groups is 1. The van der Waals surface area contributed by atoms with Crippen LogP contribution in [0.2, 0.25) is 0 Å². The minimum Gasteiger partial charge on any atom is -0.508 e. The number of phenols is 1. The van der Waals surface area contributed by atoms with E-state index in [1.807, 2.05) is 13.8 Å². The number of fused-ring (bicyclic) bond motifs is 1. The molecule has 0 radical (unpaired) electrons. The fourth-order valence-electron chi connectivity index (χ4n) is 9.09. The normalized spacial score (nSPS) is 16.3. The maximum Gasteiger partial charge on any atom is 0.326 e. The fourth-order valence-corrected chi connectivity index (χ4v) is 9.09. The fraction of sp³-hybridized carbons (Fsp3) is 0.455. The van der Waals surface area contributed by atoms with Crippen molar-refractivity contribution < 1.29 is 63.3 Å². The number of amides is 9. The Labute approximate surface area is 456 Å². The lowest BCUT2D eigenvalue weighted by atomic mass is 10.0. The molecule has 15 N–H and O–H groups in total. The first-order valence-electron chi connectivity index (χ1n) is 26.1. The molecule has 24 heteroatoms. The van der Waals surface area contributed by atoms with Gasteiger partial charge in [0.05, 0.1) is 13.0 Å². The van der Waals surface area contributed by atoms with Gasteiger partial charge in [-0.3, -0.25) is 43.2 Å². The molecule has 0 unspecified atom stereocenters. The Balaban J connectivity index is 1.44. The lowest BCUT2D eigenvalue weighted by Gasteiger charge is -2.31. The van der Waals surface area contributed by atoms with E-state index in [0.29, 0.717) is 34.0 Å². The van der Waals surface area contributed by atoms with Crippen molar-refractivity contribution in [3.8, 4) is 5.75 Å². The first-order valence-corrected chi connectivity index (χ1v) is 26.1. The van der Waals surface area contributed by atoms with E-state index >= 15 is 0 Å². The lowest BCUT2D eigenvalue weighted by Crippen LogP contribution is -2.61. The average Bonchev–Trinajstić information content (AvgIpc) is 4.15. The molecule has 9 atom stereocenters. The van der Waals surface area contributed by atoms with Crippen LogP contribution in [-0.4, -0.2) is 152 Å². The van der Waals surface area contributed by atoms with E-state index in [1.54, 1.807) is 74.6 Å². The number of aromatic amines is 1. The van der Waals surface area contributed by atoms with Crippen molar-refractivity contribution in [2.45, 2.75) is 134 Å². The van der Waals surface area contributed by atoms with Crippen molar-refractivity contribution in [2.75, 3.05) is 13.2 Å². The molecule has 2 heterocycles. The molecule has 1 fully saturated rings. The number of H-pyrrole nitrogens is 1. The Kier molecular flexibility index (Phi) is 22.4. The minimum atomic E-state index is -1.76. The number of aromatic hydroxyl groups is 1. The van der Waals surface area contributed by atoms with Gasteiger partial charge in [0, 0.05) is 42.9 Å². The third-order valence-corrected chi connectivity index (χ3v) is 13.4. The SMILES string of the molecule is CC(C)C[C@H](NC(=O)[C@@H](N)CO)C(=O)N1CCC[C@H]1C(=O)N[C@@H](Cc1ccc(O)cc1)C(=O)N[C@@H](Cc1c[nH]c2ccccc12)C(=O)N[C@@H](CC(N)=O)C(=O)N[C@@H](Cc1ccccc1)C(=O)N[C@@H](C)C(=O)N[C@H](C(=O)O)C(C)C. The number of para-hydroxylation sites is 1. The monoisotopic (exact) mass is 1100 g/mol. The summed E-state index contributed by atoms with van der Waals surface area (Å²) in [5, 5.41) is 48.0. The molecular formula is C55H73N11O13. The number of benzene rings is 3. The van der Waals surface area contributed by atoms with Crippen molar-refractivity contribution in [3.63, 3.8) is 0 Å². The standard InChI is InChI=1S/C55H73N11O13/c1-29(2)22-43(64-48(71)37(56)28-67)54(77)66-21-11-16-44(66)53(76)63-40(24-33-17-19-35(68)20-18-33)50(73)61-41(25-34-27-58-38-15-10-9-14-36(34)38)51(74)62-42(26-45(57)69)52(75)60-39(23-32-12-7-6-8-13-32)49(72)59-31(5)47(70)65-46(30(3)4)55(78)79/h6-10,12-15,17-20,27,29-31,37,39-44,46,58,67-68H,11,16,21-26,28,56H2,1-5H3,(H2,57,69)(H,59,72)(H,60,75)(H,61,73)(H,62,74)(H,63,76)(H,64,71)(H,65,70)(H,78,79)/t31-,37-,39-,40-,41-,42-,43-,44-,46-/m0/s1. The van der Waals surface area contributed by atoms with Crippen LogP contribution in [-0.2, 0) is 67.2 Å². The molecule has 0 aliphatic carbocycles. The summed E-state index contributed by atoms with van der Waals surface area (Å²) < 4.78 is 0. The maximum atomic E-state index is 14.8. The zero-order valence-corrected chi connectivity index (χ0v) is 44.8. The van der Waals surface area contributed by atoms with Gasteiger partial charge in [-0.05, 0) is 72.9 Å². The highest BCUT2D eigenvalue weighted by molar-refractivity contribution is 5.99. The van der Waals surface area contributed by atoms with E-state index in [0.717, 1.165) is 0 Å². The highest BCUT2D eigenvalue weighted by Crippen LogP contribution is 2.23. The van der Waals surface area contributed by atoms with Gasteiger partial charge >= 0.3 is 5.97 Å². The van der Waals surface area contributed by atoms with Crippen LogP contribution in [0.15, 0.2) is 85.1 Å². The van der Waals surface area contributed by atoms with Gasteiger partial charge in [0.15, 0.2) is 0 Å². The highest BCUT2D eigenvalue weighted by Gasteiger charge is 2.40. The number of carboxylic acid groups (broad SMARTS) is 1. The van der Waals surface area contributed by atoms with Crippen molar-refractivity contribution in [1.29, 1.82) is 0 Å². The number of hydrogen-bond donors (Lipinski definition) is 13. The quantitative estimate of drug-likeness (QED) is 0.0334. The number of nitrogens with zero attached hydrogens (tertiary/aromatic N) is 1. The zero-order chi connectivity index (χ0) is 58.1. The summed E-state index contributed by atoms with van der Waals surface area (Å²) in [6, 6.07) is 9.09. The predicted octanol–water partition coefficient (Wildman–Crippen LogP) is -0.712.